The van der Waals surface area contributed by atoms with Gasteiger partial charge in [0.1, 0.15) is 17.1 Å². The zero-order valence-electron chi connectivity index (χ0n) is 16.7. The van der Waals surface area contributed by atoms with E-state index in [9.17, 15) is 18.8 Å². The van der Waals surface area contributed by atoms with Gasteiger partial charge in [0, 0.05) is 5.02 Å². The van der Waals surface area contributed by atoms with Gasteiger partial charge in [-0.1, -0.05) is 48.5 Å². The van der Waals surface area contributed by atoms with Crippen LogP contribution in [0.15, 0.2) is 62.5 Å². The van der Waals surface area contributed by atoms with Crippen molar-refractivity contribution in [3.63, 3.8) is 0 Å². The van der Waals surface area contributed by atoms with Crippen molar-refractivity contribution in [2.24, 2.45) is 0 Å². The fraction of sp³-hybridized carbons (Fsp3) is 0.143. The Morgan fingerprint density at radius 1 is 1.22 bits per heavy atom. The molecule has 2 heterocycles. The van der Waals surface area contributed by atoms with Crippen LogP contribution in [0.25, 0.3) is 16.0 Å². The number of nitrogens with zero attached hydrogens (tertiary/aromatic N) is 3. The highest BCUT2D eigenvalue weighted by atomic mass is 35.5. The third-order valence-electron chi connectivity index (χ3n) is 4.45. The van der Waals surface area contributed by atoms with Crippen LogP contribution in [0.4, 0.5) is 10.1 Å². The highest BCUT2D eigenvalue weighted by Crippen LogP contribution is 2.27. The SMILES string of the molecule is CCSc1nc2c(s1)c(=O)n(-c1ccccc1)c(=O)n2CC(=O)Nc1ccc(Cl)cc1F. The maximum absolute atomic E-state index is 14.1. The van der Waals surface area contributed by atoms with Gasteiger partial charge in [-0.05, 0) is 36.1 Å². The Morgan fingerprint density at radius 2 is 1.97 bits per heavy atom. The number of hydrogen-bond donors (Lipinski definition) is 1. The van der Waals surface area contributed by atoms with Crippen LogP contribution in [0.3, 0.4) is 0 Å². The topological polar surface area (TPSA) is 86.0 Å². The molecule has 32 heavy (non-hydrogen) atoms. The van der Waals surface area contributed by atoms with Gasteiger partial charge >= 0.3 is 5.69 Å². The first-order chi connectivity index (χ1) is 15.4. The summed E-state index contributed by atoms with van der Waals surface area (Å²) in [6.45, 7) is 1.49. The van der Waals surface area contributed by atoms with Gasteiger partial charge in [0.25, 0.3) is 5.56 Å². The molecule has 0 fully saturated rings. The van der Waals surface area contributed by atoms with Crippen LogP contribution < -0.4 is 16.6 Å². The average Bonchev–Trinajstić information content (AvgIpc) is 3.18. The lowest BCUT2D eigenvalue weighted by molar-refractivity contribution is -0.116. The molecule has 7 nitrogen and oxygen atoms in total. The van der Waals surface area contributed by atoms with Crippen LogP contribution in [-0.4, -0.2) is 25.8 Å². The summed E-state index contributed by atoms with van der Waals surface area (Å²) >= 11 is 8.35. The van der Waals surface area contributed by atoms with Gasteiger partial charge in [-0.3, -0.25) is 14.2 Å². The van der Waals surface area contributed by atoms with Crippen molar-refractivity contribution in [1.82, 2.24) is 14.1 Å². The molecule has 0 unspecified atom stereocenters. The zero-order chi connectivity index (χ0) is 22.8. The Labute approximate surface area is 194 Å². The summed E-state index contributed by atoms with van der Waals surface area (Å²) in [5.41, 5.74) is -0.781. The van der Waals surface area contributed by atoms with E-state index >= 15 is 0 Å². The summed E-state index contributed by atoms with van der Waals surface area (Å²) in [4.78, 5) is 43.5. The molecule has 0 saturated carbocycles. The van der Waals surface area contributed by atoms with Crippen molar-refractivity contribution in [2.45, 2.75) is 17.8 Å². The number of amides is 1. The monoisotopic (exact) mass is 490 g/mol. The molecule has 0 aliphatic heterocycles. The number of fused-ring (bicyclic) bond motifs is 1. The molecule has 0 radical (unpaired) electrons. The first-order valence-electron chi connectivity index (χ1n) is 9.48. The molecular formula is C21H16ClFN4O3S2. The Kier molecular flexibility index (Phi) is 6.45. The van der Waals surface area contributed by atoms with E-state index in [2.05, 4.69) is 10.3 Å². The van der Waals surface area contributed by atoms with E-state index in [4.69, 9.17) is 11.6 Å². The van der Waals surface area contributed by atoms with E-state index < -0.39 is 29.5 Å². The maximum atomic E-state index is 14.1. The lowest BCUT2D eigenvalue weighted by atomic mass is 10.3. The van der Waals surface area contributed by atoms with Crippen LogP contribution in [0.2, 0.25) is 5.02 Å². The maximum Gasteiger partial charge on any atom is 0.337 e. The number of thioether (sulfide) groups is 1. The third kappa shape index (κ3) is 4.34. The molecule has 0 aliphatic rings. The summed E-state index contributed by atoms with van der Waals surface area (Å²) in [7, 11) is 0. The van der Waals surface area contributed by atoms with E-state index in [0.29, 0.717) is 10.0 Å². The van der Waals surface area contributed by atoms with Crippen molar-refractivity contribution >= 4 is 56.6 Å². The van der Waals surface area contributed by atoms with Crippen LogP contribution >= 0.6 is 34.7 Å². The number of nitrogens with one attached hydrogen (secondary N) is 1. The van der Waals surface area contributed by atoms with Gasteiger partial charge in [0.05, 0.1) is 11.4 Å². The molecule has 0 atom stereocenters. The minimum Gasteiger partial charge on any atom is -0.322 e. The smallest absolute Gasteiger partial charge is 0.322 e. The first kappa shape index (κ1) is 22.3. The van der Waals surface area contributed by atoms with E-state index in [-0.39, 0.29) is 21.1 Å². The molecule has 0 bridgehead atoms. The van der Waals surface area contributed by atoms with Gasteiger partial charge < -0.3 is 5.32 Å². The van der Waals surface area contributed by atoms with E-state index in [1.54, 1.807) is 30.3 Å². The molecule has 0 spiro atoms. The Bertz CT molecular complexity index is 1430. The van der Waals surface area contributed by atoms with Crippen LogP contribution in [0.5, 0.6) is 0 Å². The van der Waals surface area contributed by atoms with Crippen LogP contribution in [0, 0.1) is 5.82 Å². The Hall–Kier alpha value is -2.95. The van der Waals surface area contributed by atoms with Crippen LogP contribution in [0.1, 0.15) is 6.92 Å². The van der Waals surface area contributed by atoms with E-state index in [1.807, 2.05) is 6.92 Å². The molecule has 0 aliphatic carbocycles. The normalized spacial score (nSPS) is 11.1. The van der Waals surface area contributed by atoms with Crippen LogP contribution in [-0.2, 0) is 11.3 Å². The summed E-state index contributed by atoms with van der Waals surface area (Å²) in [5, 5.41) is 2.63. The molecule has 0 saturated heterocycles. The molecule has 2 aromatic heterocycles. The molecular weight excluding hydrogens is 475 g/mol. The van der Waals surface area contributed by atoms with Gasteiger partial charge in [-0.15, -0.1) is 11.3 Å². The van der Waals surface area contributed by atoms with Crippen molar-refractivity contribution in [2.75, 3.05) is 11.1 Å². The molecule has 4 rings (SSSR count). The minimum atomic E-state index is -0.709. The summed E-state index contributed by atoms with van der Waals surface area (Å²) in [6, 6.07) is 12.3. The highest BCUT2D eigenvalue weighted by molar-refractivity contribution is 8.01. The van der Waals surface area contributed by atoms with Gasteiger partial charge in [-0.25, -0.2) is 18.7 Å². The Morgan fingerprint density at radius 3 is 2.66 bits per heavy atom. The van der Waals surface area contributed by atoms with Crippen molar-refractivity contribution in [1.29, 1.82) is 0 Å². The predicted molar refractivity (Wildman–Crippen MR) is 126 cm³/mol. The summed E-state index contributed by atoms with van der Waals surface area (Å²) in [5.74, 6) is -0.619. The molecule has 2 aromatic carbocycles. The van der Waals surface area contributed by atoms with Gasteiger partial charge in [-0.2, -0.15) is 0 Å². The summed E-state index contributed by atoms with van der Waals surface area (Å²) in [6.07, 6.45) is 0. The summed E-state index contributed by atoms with van der Waals surface area (Å²) < 4.78 is 17.1. The number of carbonyl (C=O) groups is 1. The number of aromatic nitrogens is 3. The van der Waals surface area contributed by atoms with Gasteiger partial charge in [0.2, 0.25) is 5.91 Å². The number of para-hydroxylation sites is 1. The minimum absolute atomic E-state index is 0.0689. The largest absolute Gasteiger partial charge is 0.337 e. The fourth-order valence-electron chi connectivity index (χ4n) is 3.07. The van der Waals surface area contributed by atoms with E-state index in [1.165, 1.54) is 35.2 Å². The molecule has 164 valence electrons. The number of rotatable bonds is 6. The lowest BCUT2D eigenvalue weighted by Crippen LogP contribution is -2.40. The lowest BCUT2D eigenvalue weighted by Gasteiger charge is -2.12. The van der Waals surface area contributed by atoms with Crippen molar-refractivity contribution in [3.05, 3.63) is 80.2 Å². The van der Waals surface area contributed by atoms with Crippen molar-refractivity contribution in [3.8, 4) is 5.69 Å². The Balaban J connectivity index is 1.82. The standard InChI is InChI=1S/C21H16ClFN4O3S2/c1-2-31-20-25-18-17(32-20)19(29)27(13-6-4-3-5-7-13)21(30)26(18)11-16(28)24-15-9-8-12(22)10-14(15)23/h3-10H,2,11H2,1H3,(H,24,28). The highest BCUT2D eigenvalue weighted by Gasteiger charge is 2.21. The fourth-order valence-corrected chi connectivity index (χ4v) is 5.20. The third-order valence-corrected chi connectivity index (χ3v) is 6.75. The average molecular weight is 491 g/mol. The van der Waals surface area contributed by atoms with Gasteiger partial charge in [0.15, 0.2) is 9.99 Å². The predicted octanol–water partition coefficient (Wildman–Crippen LogP) is 4.15. The molecule has 1 amide bonds. The molecule has 4 aromatic rings. The number of hydrogen-bond acceptors (Lipinski definition) is 6. The number of thiazole rings is 1. The number of benzene rings is 2. The van der Waals surface area contributed by atoms with E-state index in [0.717, 1.165) is 21.0 Å². The number of carbonyl (C=O) groups excluding carboxylic acids is 1. The zero-order valence-corrected chi connectivity index (χ0v) is 19.1. The second kappa shape index (κ2) is 9.27. The quantitative estimate of drug-likeness (QED) is 0.410. The molecule has 11 heteroatoms. The second-order valence-corrected chi connectivity index (χ2v) is 9.53. The first-order valence-corrected chi connectivity index (χ1v) is 11.7. The number of halogens is 2. The number of anilines is 1. The second-order valence-electron chi connectivity index (χ2n) is 6.58. The molecule has 1 N–H and O–H groups in total. The van der Waals surface area contributed by atoms with Crippen molar-refractivity contribution < 1.29 is 9.18 Å².